The first-order chi connectivity index (χ1) is 31.0. The minimum absolute atomic E-state index is 0.132. The Morgan fingerprint density at radius 1 is 0.348 bits per heavy atom. The highest BCUT2D eigenvalue weighted by molar-refractivity contribution is 14.1. The van der Waals surface area contributed by atoms with Gasteiger partial charge in [-0.15, -0.1) is 0 Å². The maximum atomic E-state index is 13.8. The van der Waals surface area contributed by atoms with Gasteiger partial charge in [0.25, 0.3) is 35.4 Å². The molecule has 25 nitrogen and oxygen atoms in total. The van der Waals surface area contributed by atoms with Crippen LogP contribution in [0.4, 0.5) is 11.4 Å². The number of halogens is 6. The summed E-state index contributed by atoms with van der Waals surface area (Å²) >= 11 is 9.53. The van der Waals surface area contributed by atoms with Crippen LogP contribution >= 0.6 is 136 Å². The number of benzene rings is 2. The molecule has 2 rings (SSSR count). The molecular formula is C35H44I6N6O19. The van der Waals surface area contributed by atoms with Crippen molar-refractivity contribution in [3.63, 3.8) is 0 Å². The first kappa shape index (κ1) is 61.2. The molecule has 0 aromatic heterocycles. The molecule has 66 heavy (non-hydrogen) atoms. The number of anilines is 2. The van der Waals surface area contributed by atoms with Crippen molar-refractivity contribution in [2.45, 2.75) is 54.7 Å². The quantitative estimate of drug-likeness (QED) is 0.0346. The monoisotopic (exact) mass is 1610 g/mol. The molecule has 8 atom stereocenters. The molecule has 0 fully saturated rings. The standard InChI is InChI=1S/C35H44I6N6O19/c36-21-17(30(61)42-9(1-48)13(56)5-52)23(38)27(24(39)18(21)31(62)43-10(2-49)14(57)6-53)46-34(65)29(60)35(66)47-28-25(40)19(32(63)44-11(3-50)15(58)7-54)22(37)20(26(28)41)33(64)45-12(4-51)16(59)8-55/h9-16,29,48-60H,1-8H2,(H,42,61)(H,43,62)(H,44,63)(H,45,64)(H,46,65)(H,47,66). The molecule has 0 radical (unpaired) electrons. The number of rotatable bonds is 24. The van der Waals surface area contributed by atoms with Gasteiger partial charge in [-0.2, -0.15) is 0 Å². The number of hydrogen-bond acceptors (Lipinski definition) is 19. The lowest BCUT2D eigenvalue weighted by molar-refractivity contribution is -0.134. The van der Waals surface area contributed by atoms with Gasteiger partial charge >= 0.3 is 0 Å². The molecule has 2 aromatic carbocycles. The van der Waals surface area contributed by atoms with E-state index in [9.17, 15) is 95.2 Å². The number of carbonyl (C=O) groups is 6. The van der Waals surface area contributed by atoms with Crippen LogP contribution in [0, 0.1) is 21.4 Å². The highest BCUT2D eigenvalue weighted by atomic mass is 127. The van der Waals surface area contributed by atoms with Crippen molar-refractivity contribution in [3.05, 3.63) is 43.7 Å². The van der Waals surface area contributed by atoms with Crippen LogP contribution in [0.1, 0.15) is 41.4 Å². The molecule has 19 N–H and O–H groups in total. The highest BCUT2D eigenvalue weighted by Crippen LogP contribution is 2.38. The van der Waals surface area contributed by atoms with E-state index < -0.39 is 143 Å². The van der Waals surface area contributed by atoms with Crippen molar-refractivity contribution >= 4 is 182 Å². The van der Waals surface area contributed by atoms with E-state index >= 15 is 0 Å². The van der Waals surface area contributed by atoms with E-state index in [1.54, 1.807) is 136 Å². The van der Waals surface area contributed by atoms with Crippen molar-refractivity contribution in [2.24, 2.45) is 0 Å². The van der Waals surface area contributed by atoms with Crippen molar-refractivity contribution < 1.29 is 95.2 Å². The summed E-state index contributed by atoms with van der Waals surface area (Å²) in [5, 5.41) is 142. The molecule has 0 bridgehead atoms. The zero-order valence-corrected chi connectivity index (χ0v) is 46.3. The minimum Gasteiger partial charge on any atom is -0.394 e. The van der Waals surface area contributed by atoms with Crippen molar-refractivity contribution in [1.82, 2.24) is 21.3 Å². The largest absolute Gasteiger partial charge is 0.394 e. The Hall–Kier alpha value is -0.880. The summed E-state index contributed by atoms with van der Waals surface area (Å²) in [4.78, 5) is 82.5. The van der Waals surface area contributed by atoms with Crippen LogP contribution in [0.25, 0.3) is 0 Å². The maximum absolute atomic E-state index is 13.8. The number of hydrogen-bond donors (Lipinski definition) is 19. The van der Waals surface area contributed by atoms with Crippen LogP contribution in [-0.2, 0) is 9.59 Å². The van der Waals surface area contributed by atoms with E-state index in [-0.39, 0.29) is 55.0 Å². The lowest BCUT2D eigenvalue weighted by atomic mass is 10.0. The van der Waals surface area contributed by atoms with Crippen molar-refractivity contribution in [1.29, 1.82) is 0 Å². The van der Waals surface area contributed by atoms with Crippen LogP contribution in [0.2, 0.25) is 0 Å². The first-order valence-corrected chi connectivity index (χ1v) is 25.0. The van der Waals surface area contributed by atoms with Crippen LogP contribution in [-0.4, -0.2) is 209 Å². The Morgan fingerprint density at radius 3 is 0.712 bits per heavy atom. The third-order valence-corrected chi connectivity index (χ3v) is 15.7. The van der Waals surface area contributed by atoms with E-state index in [2.05, 4.69) is 31.9 Å². The van der Waals surface area contributed by atoms with Gasteiger partial charge in [-0.05, 0) is 136 Å². The lowest BCUT2D eigenvalue weighted by Gasteiger charge is -2.25. The molecule has 0 aliphatic heterocycles. The fourth-order valence-corrected chi connectivity index (χ4v) is 14.2. The van der Waals surface area contributed by atoms with E-state index in [0.29, 0.717) is 0 Å². The van der Waals surface area contributed by atoms with Crippen LogP contribution in [0.5, 0.6) is 0 Å². The summed E-state index contributed by atoms with van der Waals surface area (Å²) in [5.74, 6) is -7.29. The van der Waals surface area contributed by atoms with E-state index in [0.717, 1.165) is 0 Å². The summed E-state index contributed by atoms with van der Waals surface area (Å²) < 4.78 is -0.842. The Balaban J connectivity index is 2.80. The third-order valence-electron chi connectivity index (χ3n) is 9.19. The summed E-state index contributed by atoms with van der Waals surface area (Å²) in [6, 6.07) is -5.82. The van der Waals surface area contributed by atoms with E-state index in [1.165, 1.54) is 0 Å². The maximum Gasteiger partial charge on any atom is 0.263 e. The second kappa shape index (κ2) is 28.8. The predicted octanol–water partition coefficient (Wildman–Crippen LogP) is -4.97. The Morgan fingerprint density at radius 2 is 0.545 bits per heavy atom. The molecule has 0 heterocycles. The molecule has 0 aliphatic carbocycles. The highest BCUT2D eigenvalue weighted by Gasteiger charge is 2.36. The van der Waals surface area contributed by atoms with Gasteiger partial charge in [-0.3, -0.25) is 28.8 Å². The molecule has 31 heteroatoms. The average molecular weight is 1610 g/mol. The average Bonchev–Trinajstić information content (AvgIpc) is 3.29. The van der Waals surface area contributed by atoms with Crippen LogP contribution < -0.4 is 31.9 Å². The van der Waals surface area contributed by atoms with Crippen LogP contribution in [0.3, 0.4) is 0 Å². The van der Waals surface area contributed by atoms with E-state index in [1.807, 2.05) is 0 Å². The number of aliphatic hydroxyl groups is 13. The third kappa shape index (κ3) is 15.1. The number of nitrogens with one attached hydrogen (secondary N) is 6. The van der Waals surface area contributed by atoms with Crippen molar-refractivity contribution in [2.75, 3.05) is 63.5 Å². The Kier molecular flexibility index (Phi) is 26.8. The minimum atomic E-state index is -2.68. The topological polar surface area (TPSA) is 438 Å². The summed E-state index contributed by atoms with van der Waals surface area (Å²) in [5.41, 5.74) is -2.28. The lowest BCUT2D eigenvalue weighted by Crippen LogP contribution is -2.49. The van der Waals surface area contributed by atoms with Gasteiger partial charge in [0, 0.05) is 7.14 Å². The first-order valence-electron chi connectivity index (χ1n) is 18.5. The van der Waals surface area contributed by atoms with Gasteiger partial charge in [0.1, 0.15) is 0 Å². The van der Waals surface area contributed by atoms with Gasteiger partial charge in [0.2, 0.25) is 6.10 Å². The number of amides is 6. The second-order valence-corrected chi connectivity index (χ2v) is 20.0. The zero-order valence-electron chi connectivity index (χ0n) is 33.4. The van der Waals surface area contributed by atoms with Gasteiger partial charge in [-0.1, -0.05) is 0 Å². The summed E-state index contributed by atoms with van der Waals surface area (Å²) in [7, 11) is 0. The molecule has 0 aliphatic rings. The van der Waals surface area contributed by atoms with Crippen LogP contribution in [0.15, 0.2) is 0 Å². The normalized spacial score (nSPS) is 15.5. The Bertz CT molecular complexity index is 1850. The molecule has 8 unspecified atom stereocenters. The fraction of sp³-hybridized carbons (Fsp3) is 0.486. The molecule has 0 spiro atoms. The molecule has 370 valence electrons. The SMILES string of the molecule is O=C(NC(CO)C(O)CO)c1c(I)c(NC(=O)C(O)C(=O)Nc2c(I)c(C(=O)NC(CO)C(O)CO)c(I)c(C(=O)NC(CO)C(O)CO)c2I)c(I)c(C(=O)NC(CO)C(O)CO)c1I. The molecular weight excluding hydrogens is 1570 g/mol. The number of aliphatic hydroxyl groups excluding tert-OH is 13. The van der Waals surface area contributed by atoms with Gasteiger partial charge in [0.05, 0.1) is 149 Å². The van der Waals surface area contributed by atoms with Crippen molar-refractivity contribution in [3.8, 4) is 0 Å². The molecule has 2 aromatic rings. The smallest absolute Gasteiger partial charge is 0.263 e. The number of carbonyl (C=O) groups excluding carboxylic acids is 6. The van der Waals surface area contributed by atoms with Gasteiger partial charge in [-0.25, -0.2) is 0 Å². The van der Waals surface area contributed by atoms with E-state index in [4.69, 9.17) is 0 Å². The Labute approximate surface area is 455 Å². The fourth-order valence-electron chi connectivity index (χ4n) is 5.37. The van der Waals surface area contributed by atoms with Gasteiger partial charge in [0.15, 0.2) is 0 Å². The van der Waals surface area contributed by atoms with Gasteiger partial charge < -0.3 is 98.3 Å². The summed E-state index contributed by atoms with van der Waals surface area (Å²) in [6.07, 6.45) is -9.34. The predicted molar refractivity (Wildman–Crippen MR) is 278 cm³/mol. The second-order valence-electron chi connectivity index (χ2n) is 13.6. The summed E-state index contributed by atoms with van der Waals surface area (Å²) in [6.45, 7) is -7.05. The molecule has 0 saturated carbocycles. The molecule has 6 amide bonds. The molecule has 0 saturated heterocycles. The zero-order chi connectivity index (χ0) is 50.5.